The molecule has 2 rings (SSSR count). The minimum Gasteiger partial charge on any atom is -0.327 e. The van der Waals surface area contributed by atoms with Crippen molar-refractivity contribution in [2.45, 2.75) is 44.6 Å². The summed E-state index contributed by atoms with van der Waals surface area (Å²) < 4.78 is 1.87. The van der Waals surface area contributed by atoms with E-state index in [1.54, 1.807) is 0 Å². The van der Waals surface area contributed by atoms with Crippen LogP contribution in [0.25, 0.3) is 0 Å². The Kier molecular flexibility index (Phi) is 3.10. The third-order valence-corrected chi connectivity index (χ3v) is 3.70. The first-order valence-electron chi connectivity index (χ1n) is 5.95. The molecule has 0 bridgehead atoms. The fourth-order valence-electron chi connectivity index (χ4n) is 2.62. The summed E-state index contributed by atoms with van der Waals surface area (Å²) in [6.45, 7) is 2.27. The highest BCUT2D eigenvalue weighted by Gasteiger charge is 2.29. The molecule has 84 valence electrons. The zero-order chi connectivity index (χ0) is 10.8. The Labute approximate surface area is 91.7 Å². The van der Waals surface area contributed by atoms with Crippen LogP contribution >= 0.6 is 0 Å². The van der Waals surface area contributed by atoms with E-state index >= 15 is 0 Å². The zero-order valence-electron chi connectivity index (χ0n) is 9.69. The number of hydrogen-bond acceptors (Lipinski definition) is 2. The van der Waals surface area contributed by atoms with Crippen molar-refractivity contribution in [1.82, 2.24) is 9.78 Å². The Morgan fingerprint density at radius 3 is 2.93 bits per heavy atom. The molecule has 1 aromatic heterocycles. The number of rotatable bonds is 2. The highest BCUT2D eigenvalue weighted by atomic mass is 15.2. The van der Waals surface area contributed by atoms with Crippen LogP contribution < -0.4 is 5.73 Å². The third-order valence-electron chi connectivity index (χ3n) is 3.70. The van der Waals surface area contributed by atoms with Crippen LogP contribution in [0.1, 0.15) is 44.2 Å². The first-order chi connectivity index (χ1) is 7.20. The lowest BCUT2D eigenvalue weighted by Crippen LogP contribution is -2.34. The van der Waals surface area contributed by atoms with Gasteiger partial charge >= 0.3 is 0 Å². The van der Waals surface area contributed by atoms with Crippen molar-refractivity contribution in [3.05, 3.63) is 18.0 Å². The molecule has 3 atom stereocenters. The maximum atomic E-state index is 6.19. The van der Waals surface area contributed by atoms with E-state index < -0.39 is 0 Å². The normalized spacial score (nSPS) is 31.8. The summed E-state index contributed by atoms with van der Waals surface area (Å²) in [5.41, 5.74) is 7.37. The van der Waals surface area contributed by atoms with Gasteiger partial charge in [0.2, 0.25) is 0 Å². The van der Waals surface area contributed by atoms with Crippen LogP contribution in [0.3, 0.4) is 0 Å². The molecular formula is C12H21N3. The molecule has 1 aliphatic rings. The summed E-state index contributed by atoms with van der Waals surface area (Å²) in [6, 6.07) is 2.42. The van der Waals surface area contributed by atoms with Gasteiger partial charge in [0.05, 0.1) is 5.69 Å². The Balaban J connectivity index is 2.12. The van der Waals surface area contributed by atoms with Crippen LogP contribution in [0.2, 0.25) is 0 Å². The lowest BCUT2D eigenvalue weighted by molar-refractivity contribution is 0.278. The van der Waals surface area contributed by atoms with Gasteiger partial charge in [-0.2, -0.15) is 5.10 Å². The lowest BCUT2D eigenvalue weighted by atomic mass is 9.76. The van der Waals surface area contributed by atoms with Gasteiger partial charge < -0.3 is 5.73 Å². The molecule has 0 aromatic carbocycles. The predicted molar refractivity (Wildman–Crippen MR) is 61.6 cm³/mol. The van der Waals surface area contributed by atoms with Gasteiger partial charge in [0.1, 0.15) is 0 Å². The van der Waals surface area contributed by atoms with Gasteiger partial charge in [-0.1, -0.05) is 13.3 Å². The van der Waals surface area contributed by atoms with E-state index in [-0.39, 0.29) is 0 Å². The van der Waals surface area contributed by atoms with Crippen LogP contribution in [0.4, 0.5) is 0 Å². The molecule has 0 radical (unpaired) electrons. The van der Waals surface area contributed by atoms with E-state index in [1.165, 1.54) is 25.0 Å². The summed E-state index contributed by atoms with van der Waals surface area (Å²) in [7, 11) is 1.97. The average molecular weight is 207 g/mol. The largest absolute Gasteiger partial charge is 0.327 e. The quantitative estimate of drug-likeness (QED) is 0.806. The maximum absolute atomic E-state index is 6.19. The van der Waals surface area contributed by atoms with Crippen LogP contribution in [0, 0.1) is 5.92 Å². The van der Waals surface area contributed by atoms with Crippen molar-refractivity contribution < 1.29 is 0 Å². The maximum Gasteiger partial charge on any atom is 0.0670 e. The molecule has 3 unspecified atom stereocenters. The molecule has 0 amide bonds. The predicted octanol–water partition coefficient (Wildman–Crippen LogP) is 2.04. The van der Waals surface area contributed by atoms with Gasteiger partial charge in [-0.25, -0.2) is 0 Å². The highest BCUT2D eigenvalue weighted by molar-refractivity contribution is 5.11. The van der Waals surface area contributed by atoms with Gasteiger partial charge in [0.15, 0.2) is 0 Å². The van der Waals surface area contributed by atoms with Crippen molar-refractivity contribution in [2.24, 2.45) is 18.7 Å². The van der Waals surface area contributed by atoms with Crippen LogP contribution in [0.15, 0.2) is 12.3 Å². The summed E-state index contributed by atoms with van der Waals surface area (Å²) >= 11 is 0. The molecule has 1 heterocycles. The molecule has 0 spiro atoms. The molecule has 2 N–H and O–H groups in total. The number of nitrogens with two attached hydrogens (primary N) is 1. The zero-order valence-corrected chi connectivity index (χ0v) is 9.69. The molecule has 1 aliphatic carbocycles. The van der Waals surface area contributed by atoms with E-state index in [4.69, 9.17) is 5.73 Å². The lowest BCUT2D eigenvalue weighted by Gasteiger charge is -2.32. The van der Waals surface area contributed by atoms with E-state index in [0.717, 1.165) is 12.3 Å². The number of nitrogens with zero attached hydrogens (tertiary/aromatic N) is 2. The van der Waals surface area contributed by atoms with E-state index in [2.05, 4.69) is 18.1 Å². The smallest absolute Gasteiger partial charge is 0.0670 e. The second-order valence-corrected chi connectivity index (χ2v) is 4.77. The van der Waals surface area contributed by atoms with E-state index in [1.807, 2.05) is 17.9 Å². The standard InChI is InChI=1S/C12H21N3/c1-3-9-4-5-11(13)10(8-9)12-6-7-15(2)14-12/h6-7,9-11H,3-5,8,13H2,1-2H3. The Hall–Kier alpha value is -0.830. The Morgan fingerprint density at radius 1 is 1.53 bits per heavy atom. The second kappa shape index (κ2) is 4.35. The first kappa shape index (κ1) is 10.7. The highest BCUT2D eigenvalue weighted by Crippen LogP contribution is 2.35. The molecule has 0 saturated heterocycles. The molecule has 1 fully saturated rings. The molecule has 1 saturated carbocycles. The van der Waals surface area contributed by atoms with Crippen LogP contribution in [0.5, 0.6) is 0 Å². The van der Waals surface area contributed by atoms with Crippen molar-refractivity contribution in [3.63, 3.8) is 0 Å². The number of hydrogen-bond donors (Lipinski definition) is 1. The van der Waals surface area contributed by atoms with Crippen molar-refractivity contribution in [2.75, 3.05) is 0 Å². The topological polar surface area (TPSA) is 43.8 Å². The van der Waals surface area contributed by atoms with Crippen molar-refractivity contribution >= 4 is 0 Å². The number of aromatic nitrogens is 2. The molecule has 15 heavy (non-hydrogen) atoms. The fourth-order valence-corrected chi connectivity index (χ4v) is 2.62. The molecule has 3 nitrogen and oxygen atoms in total. The minimum absolute atomic E-state index is 0.308. The first-order valence-corrected chi connectivity index (χ1v) is 5.95. The summed E-state index contributed by atoms with van der Waals surface area (Å²) in [4.78, 5) is 0. The van der Waals surface area contributed by atoms with Crippen molar-refractivity contribution in [1.29, 1.82) is 0 Å². The average Bonchev–Trinajstić information content (AvgIpc) is 2.65. The monoisotopic (exact) mass is 207 g/mol. The fraction of sp³-hybridized carbons (Fsp3) is 0.750. The third kappa shape index (κ3) is 2.23. The van der Waals surface area contributed by atoms with Gasteiger partial charge in [-0.15, -0.1) is 0 Å². The van der Waals surface area contributed by atoms with Gasteiger partial charge in [-0.05, 0) is 31.2 Å². The van der Waals surface area contributed by atoms with Crippen LogP contribution in [-0.4, -0.2) is 15.8 Å². The molecule has 1 aromatic rings. The SMILES string of the molecule is CCC1CCC(N)C(c2ccn(C)n2)C1. The van der Waals surface area contributed by atoms with Gasteiger partial charge in [0, 0.05) is 25.2 Å². The molecular weight excluding hydrogens is 186 g/mol. The van der Waals surface area contributed by atoms with Crippen molar-refractivity contribution in [3.8, 4) is 0 Å². The number of aryl methyl sites for hydroxylation is 1. The minimum atomic E-state index is 0.308. The summed E-state index contributed by atoms with van der Waals surface area (Å²) in [5, 5.41) is 4.49. The van der Waals surface area contributed by atoms with E-state index in [9.17, 15) is 0 Å². The van der Waals surface area contributed by atoms with Crippen LogP contribution in [-0.2, 0) is 7.05 Å². The molecule has 3 heteroatoms. The van der Waals surface area contributed by atoms with E-state index in [0.29, 0.717) is 12.0 Å². The summed E-state index contributed by atoms with van der Waals surface area (Å²) in [6.07, 6.45) is 6.95. The van der Waals surface area contributed by atoms with Gasteiger partial charge in [0.25, 0.3) is 0 Å². The Morgan fingerprint density at radius 2 is 2.33 bits per heavy atom. The summed E-state index contributed by atoms with van der Waals surface area (Å²) in [5.74, 6) is 1.32. The molecule has 0 aliphatic heterocycles. The van der Waals surface area contributed by atoms with Gasteiger partial charge in [-0.3, -0.25) is 4.68 Å². The Bertz CT molecular complexity index is 318. The second-order valence-electron chi connectivity index (χ2n) is 4.77.